The van der Waals surface area contributed by atoms with Crippen molar-refractivity contribution in [3.63, 3.8) is 0 Å². The standard InChI is InChI=1S/C14H19NO/c1-9-3-4-10(2)12(7-9)13(14(15)16)8-11-5-6-11/h3-4,7,11,13H,5-6,8H2,1-2H3,(H2,15,16). The van der Waals surface area contributed by atoms with Crippen molar-refractivity contribution < 1.29 is 4.79 Å². The number of carbonyl (C=O) groups excluding carboxylic acids is 1. The van der Waals surface area contributed by atoms with E-state index in [2.05, 4.69) is 32.0 Å². The Morgan fingerprint density at radius 1 is 1.44 bits per heavy atom. The number of nitrogens with two attached hydrogens (primary N) is 1. The highest BCUT2D eigenvalue weighted by Gasteiger charge is 2.29. The van der Waals surface area contributed by atoms with Gasteiger partial charge in [-0.25, -0.2) is 0 Å². The lowest BCUT2D eigenvalue weighted by Crippen LogP contribution is -2.22. The summed E-state index contributed by atoms with van der Waals surface area (Å²) in [5, 5.41) is 0. The minimum Gasteiger partial charge on any atom is -0.369 e. The molecule has 2 heteroatoms. The van der Waals surface area contributed by atoms with Gasteiger partial charge in [-0.05, 0) is 37.3 Å². The second-order valence-electron chi connectivity index (χ2n) is 4.99. The van der Waals surface area contributed by atoms with Crippen LogP contribution >= 0.6 is 0 Å². The van der Waals surface area contributed by atoms with Gasteiger partial charge < -0.3 is 5.73 Å². The quantitative estimate of drug-likeness (QED) is 0.827. The normalized spacial score (nSPS) is 17.1. The van der Waals surface area contributed by atoms with Crippen LogP contribution in [0, 0.1) is 19.8 Å². The Hall–Kier alpha value is -1.31. The van der Waals surface area contributed by atoms with E-state index in [0.29, 0.717) is 0 Å². The van der Waals surface area contributed by atoms with Gasteiger partial charge in [0, 0.05) is 0 Å². The number of primary amides is 1. The minimum absolute atomic E-state index is 0.0904. The van der Waals surface area contributed by atoms with Crippen LogP contribution in [-0.2, 0) is 4.79 Å². The van der Waals surface area contributed by atoms with Gasteiger partial charge in [-0.2, -0.15) is 0 Å². The van der Waals surface area contributed by atoms with E-state index in [-0.39, 0.29) is 11.8 Å². The highest BCUT2D eigenvalue weighted by molar-refractivity contribution is 5.82. The van der Waals surface area contributed by atoms with Crippen molar-refractivity contribution in [3.05, 3.63) is 34.9 Å². The molecule has 1 unspecified atom stereocenters. The summed E-state index contributed by atoms with van der Waals surface area (Å²) < 4.78 is 0. The molecule has 1 aliphatic rings. The largest absolute Gasteiger partial charge is 0.369 e. The summed E-state index contributed by atoms with van der Waals surface area (Å²) in [6.07, 6.45) is 3.45. The molecule has 1 fully saturated rings. The number of aryl methyl sites for hydroxylation is 2. The summed E-state index contributed by atoms with van der Waals surface area (Å²) in [5.74, 6) is 0.449. The van der Waals surface area contributed by atoms with Crippen LogP contribution in [0.5, 0.6) is 0 Å². The van der Waals surface area contributed by atoms with Gasteiger partial charge in [-0.15, -0.1) is 0 Å². The Morgan fingerprint density at radius 2 is 2.12 bits per heavy atom. The second kappa shape index (κ2) is 4.28. The molecule has 0 saturated heterocycles. The molecule has 0 radical (unpaired) electrons. The van der Waals surface area contributed by atoms with E-state index in [1.165, 1.54) is 24.0 Å². The zero-order valence-electron chi connectivity index (χ0n) is 9.99. The molecule has 2 rings (SSSR count). The van der Waals surface area contributed by atoms with Crippen LogP contribution in [0.3, 0.4) is 0 Å². The molecule has 1 saturated carbocycles. The third-order valence-electron chi connectivity index (χ3n) is 3.42. The van der Waals surface area contributed by atoms with Crippen LogP contribution < -0.4 is 5.73 Å². The maximum atomic E-state index is 11.5. The molecule has 2 nitrogen and oxygen atoms in total. The van der Waals surface area contributed by atoms with E-state index in [0.717, 1.165) is 17.9 Å². The zero-order valence-corrected chi connectivity index (χ0v) is 9.99. The van der Waals surface area contributed by atoms with E-state index < -0.39 is 0 Å². The summed E-state index contributed by atoms with van der Waals surface area (Å²) in [6.45, 7) is 4.11. The summed E-state index contributed by atoms with van der Waals surface area (Å²) in [7, 11) is 0. The predicted octanol–water partition coefficient (Wildman–Crippen LogP) is 2.67. The van der Waals surface area contributed by atoms with E-state index in [4.69, 9.17) is 5.73 Å². The van der Waals surface area contributed by atoms with Gasteiger partial charge in [-0.3, -0.25) is 4.79 Å². The van der Waals surface area contributed by atoms with E-state index in [1.54, 1.807) is 0 Å². The summed E-state index contributed by atoms with van der Waals surface area (Å²) in [4.78, 5) is 11.5. The molecule has 86 valence electrons. The first kappa shape index (κ1) is 11.2. The third-order valence-corrected chi connectivity index (χ3v) is 3.42. The molecule has 1 aromatic rings. The average molecular weight is 217 g/mol. The smallest absolute Gasteiger partial charge is 0.224 e. The van der Waals surface area contributed by atoms with E-state index in [9.17, 15) is 4.79 Å². The van der Waals surface area contributed by atoms with Crippen LogP contribution in [0.4, 0.5) is 0 Å². The second-order valence-corrected chi connectivity index (χ2v) is 4.99. The van der Waals surface area contributed by atoms with Gasteiger partial charge in [0.1, 0.15) is 0 Å². The minimum atomic E-state index is -0.180. The molecule has 0 aromatic heterocycles. The van der Waals surface area contributed by atoms with Crippen LogP contribution in [0.1, 0.15) is 41.9 Å². The molecular weight excluding hydrogens is 198 g/mol. The molecule has 0 aliphatic heterocycles. The Morgan fingerprint density at radius 3 is 2.69 bits per heavy atom. The first-order valence-electron chi connectivity index (χ1n) is 5.94. The molecule has 0 bridgehead atoms. The molecule has 1 atom stereocenters. The molecule has 16 heavy (non-hydrogen) atoms. The number of carbonyl (C=O) groups is 1. The van der Waals surface area contributed by atoms with Gasteiger partial charge in [-0.1, -0.05) is 36.6 Å². The van der Waals surface area contributed by atoms with Crippen molar-refractivity contribution in [2.45, 2.75) is 39.0 Å². The Bertz CT molecular complexity index is 407. The van der Waals surface area contributed by atoms with Crippen LogP contribution in [0.15, 0.2) is 18.2 Å². The molecular formula is C14H19NO. The Kier molecular flexibility index (Phi) is 2.99. The first-order valence-corrected chi connectivity index (χ1v) is 5.94. The summed E-state index contributed by atoms with van der Waals surface area (Å²) in [6, 6.07) is 6.26. The predicted molar refractivity (Wildman–Crippen MR) is 65.2 cm³/mol. The fraction of sp³-hybridized carbons (Fsp3) is 0.500. The summed E-state index contributed by atoms with van der Waals surface area (Å²) in [5.41, 5.74) is 9.02. The van der Waals surface area contributed by atoms with Gasteiger partial charge in [0.25, 0.3) is 0 Å². The number of hydrogen-bond acceptors (Lipinski definition) is 1. The monoisotopic (exact) mass is 217 g/mol. The lowest BCUT2D eigenvalue weighted by Gasteiger charge is -2.16. The van der Waals surface area contributed by atoms with Crippen molar-refractivity contribution in [2.75, 3.05) is 0 Å². The molecule has 1 aliphatic carbocycles. The van der Waals surface area contributed by atoms with Gasteiger partial charge >= 0.3 is 0 Å². The summed E-state index contributed by atoms with van der Waals surface area (Å²) >= 11 is 0. The van der Waals surface area contributed by atoms with Crippen LogP contribution in [0.2, 0.25) is 0 Å². The molecule has 1 amide bonds. The molecule has 0 heterocycles. The maximum Gasteiger partial charge on any atom is 0.224 e. The lowest BCUT2D eigenvalue weighted by atomic mass is 9.88. The third kappa shape index (κ3) is 2.43. The highest BCUT2D eigenvalue weighted by Crippen LogP contribution is 2.39. The Labute approximate surface area is 96.8 Å². The Balaban J connectivity index is 2.29. The van der Waals surface area contributed by atoms with E-state index >= 15 is 0 Å². The SMILES string of the molecule is Cc1ccc(C)c(C(CC2CC2)C(N)=O)c1. The number of amides is 1. The molecule has 1 aromatic carbocycles. The van der Waals surface area contributed by atoms with Crippen LogP contribution in [-0.4, -0.2) is 5.91 Å². The average Bonchev–Trinajstić information content (AvgIpc) is 3.02. The fourth-order valence-electron chi connectivity index (χ4n) is 2.22. The fourth-order valence-corrected chi connectivity index (χ4v) is 2.22. The molecule has 2 N–H and O–H groups in total. The number of hydrogen-bond donors (Lipinski definition) is 1. The van der Waals surface area contributed by atoms with Crippen molar-refractivity contribution in [3.8, 4) is 0 Å². The van der Waals surface area contributed by atoms with Crippen molar-refractivity contribution in [2.24, 2.45) is 11.7 Å². The zero-order chi connectivity index (χ0) is 11.7. The van der Waals surface area contributed by atoms with Crippen LogP contribution in [0.25, 0.3) is 0 Å². The van der Waals surface area contributed by atoms with Gasteiger partial charge in [0.2, 0.25) is 5.91 Å². The van der Waals surface area contributed by atoms with E-state index in [1.807, 2.05) is 0 Å². The first-order chi connectivity index (χ1) is 7.58. The number of rotatable bonds is 4. The van der Waals surface area contributed by atoms with Crippen molar-refractivity contribution >= 4 is 5.91 Å². The van der Waals surface area contributed by atoms with Gasteiger partial charge in [0.15, 0.2) is 0 Å². The molecule has 0 spiro atoms. The lowest BCUT2D eigenvalue weighted by molar-refractivity contribution is -0.119. The van der Waals surface area contributed by atoms with Gasteiger partial charge in [0.05, 0.1) is 5.92 Å². The van der Waals surface area contributed by atoms with Crippen molar-refractivity contribution in [1.29, 1.82) is 0 Å². The van der Waals surface area contributed by atoms with Crippen molar-refractivity contribution in [1.82, 2.24) is 0 Å². The maximum absolute atomic E-state index is 11.5. The highest BCUT2D eigenvalue weighted by atomic mass is 16.1. The topological polar surface area (TPSA) is 43.1 Å². The number of benzene rings is 1.